The average Bonchev–Trinajstić information content (AvgIpc) is 3.07. The molecular weight excluding hydrogens is 394 g/mol. The summed E-state index contributed by atoms with van der Waals surface area (Å²) in [7, 11) is 0. The van der Waals surface area contributed by atoms with Crippen LogP contribution in [0.4, 0.5) is 0 Å². The van der Waals surface area contributed by atoms with Crippen LogP contribution in [0, 0.1) is 0 Å². The third-order valence-corrected chi connectivity index (χ3v) is 6.25. The fraction of sp³-hybridized carbons (Fsp3) is 0.318. The maximum Gasteiger partial charge on any atom is 0.142 e. The number of rotatable bonds is 5. The lowest BCUT2D eigenvalue weighted by Gasteiger charge is -2.25. The molecule has 4 rings (SSSR count). The van der Waals surface area contributed by atoms with Crippen LogP contribution >= 0.6 is 23.5 Å². The molecule has 3 aliphatic rings. The molecule has 2 aliphatic heterocycles. The van der Waals surface area contributed by atoms with Gasteiger partial charge in [-0.25, -0.2) is 4.31 Å². The molecule has 1 aromatic rings. The number of nitrogens with zero attached hydrogens (tertiary/aromatic N) is 1. The highest BCUT2D eigenvalue weighted by atomic mass is 35.5. The van der Waals surface area contributed by atoms with E-state index in [-0.39, 0.29) is 6.10 Å². The Morgan fingerprint density at radius 3 is 2.89 bits per heavy atom. The Balaban J connectivity index is 1.53. The van der Waals surface area contributed by atoms with Gasteiger partial charge in [0.05, 0.1) is 18.2 Å². The zero-order valence-corrected chi connectivity index (χ0v) is 17.0. The summed E-state index contributed by atoms with van der Waals surface area (Å²) in [6, 6.07) is 8.58. The molecule has 0 saturated carbocycles. The first-order valence-corrected chi connectivity index (χ1v) is 10.6. The van der Waals surface area contributed by atoms with Crippen molar-refractivity contribution in [1.82, 2.24) is 4.31 Å². The molecular formula is C22H22ClNO3S. The van der Waals surface area contributed by atoms with Crippen LogP contribution in [-0.4, -0.2) is 43.0 Å². The van der Waals surface area contributed by atoms with E-state index in [0.717, 1.165) is 56.8 Å². The Labute approximate surface area is 174 Å². The van der Waals surface area contributed by atoms with E-state index in [1.807, 2.05) is 6.08 Å². The Hall–Kier alpha value is -1.79. The number of hydrogen-bond acceptors (Lipinski definition) is 5. The lowest BCUT2D eigenvalue weighted by atomic mass is 10.0. The van der Waals surface area contributed by atoms with E-state index in [1.54, 1.807) is 18.0 Å². The van der Waals surface area contributed by atoms with Gasteiger partial charge >= 0.3 is 0 Å². The number of ether oxygens (including phenoxy) is 2. The number of hydrogen-bond donors (Lipinski definition) is 0. The minimum Gasteiger partial charge on any atom is -0.484 e. The van der Waals surface area contributed by atoms with Gasteiger partial charge in [0.1, 0.15) is 18.1 Å². The Morgan fingerprint density at radius 2 is 2.07 bits per heavy atom. The second-order valence-electron chi connectivity index (χ2n) is 6.82. The molecule has 2 saturated heterocycles. The largest absolute Gasteiger partial charge is 0.484 e. The molecule has 146 valence electrons. The van der Waals surface area contributed by atoms with Gasteiger partial charge in [-0.05, 0) is 65.4 Å². The maximum absolute atomic E-state index is 10.5. The molecule has 1 unspecified atom stereocenters. The highest BCUT2D eigenvalue weighted by Gasteiger charge is 2.27. The third-order valence-electron chi connectivity index (χ3n) is 4.88. The predicted molar refractivity (Wildman–Crippen MR) is 113 cm³/mol. The zero-order valence-electron chi connectivity index (χ0n) is 15.5. The minimum atomic E-state index is -0.122. The molecule has 0 aromatic heterocycles. The molecule has 6 heteroatoms. The van der Waals surface area contributed by atoms with Gasteiger partial charge in [0.15, 0.2) is 0 Å². The summed E-state index contributed by atoms with van der Waals surface area (Å²) in [5, 5.41) is 0.618. The first-order valence-electron chi connectivity index (χ1n) is 9.42. The van der Waals surface area contributed by atoms with Crippen molar-refractivity contribution in [3.8, 4) is 0 Å². The molecule has 4 nitrogen and oxygen atoms in total. The molecule has 1 aromatic carbocycles. The van der Waals surface area contributed by atoms with Crippen LogP contribution in [0.5, 0.6) is 0 Å². The average molecular weight is 416 g/mol. The van der Waals surface area contributed by atoms with E-state index in [1.165, 1.54) is 22.1 Å². The molecule has 2 fully saturated rings. The summed E-state index contributed by atoms with van der Waals surface area (Å²) < 4.78 is 13.7. The lowest BCUT2D eigenvalue weighted by molar-refractivity contribution is -0.104. The molecule has 1 atom stereocenters. The van der Waals surface area contributed by atoms with Crippen molar-refractivity contribution in [1.29, 1.82) is 0 Å². The zero-order chi connectivity index (χ0) is 19.3. The van der Waals surface area contributed by atoms with Crippen LogP contribution < -0.4 is 0 Å². The number of benzene rings is 1. The van der Waals surface area contributed by atoms with E-state index in [4.69, 9.17) is 21.1 Å². The molecule has 0 bridgehead atoms. The normalized spacial score (nSPS) is 23.1. The van der Waals surface area contributed by atoms with Gasteiger partial charge in [-0.3, -0.25) is 4.79 Å². The maximum atomic E-state index is 10.5. The summed E-state index contributed by atoms with van der Waals surface area (Å²) in [5.74, 6) is 0.732. The van der Waals surface area contributed by atoms with Crippen molar-refractivity contribution in [2.45, 2.75) is 23.8 Å². The molecule has 28 heavy (non-hydrogen) atoms. The number of carbonyl (C=O) groups is 1. The van der Waals surface area contributed by atoms with Crippen LogP contribution in [0.2, 0.25) is 0 Å². The van der Waals surface area contributed by atoms with Gasteiger partial charge in [-0.1, -0.05) is 29.8 Å². The predicted octanol–water partition coefficient (Wildman–Crippen LogP) is 4.73. The number of allylic oxidation sites excluding steroid dienone is 6. The van der Waals surface area contributed by atoms with E-state index >= 15 is 0 Å². The minimum absolute atomic E-state index is 0.122. The first kappa shape index (κ1) is 19.5. The number of fused-ring (bicyclic) bond motifs is 1. The number of morpholine rings is 1. The highest BCUT2D eigenvalue weighted by Crippen LogP contribution is 2.39. The van der Waals surface area contributed by atoms with Crippen molar-refractivity contribution < 1.29 is 14.3 Å². The van der Waals surface area contributed by atoms with E-state index in [2.05, 4.69) is 34.6 Å². The van der Waals surface area contributed by atoms with Gasteiger partial charge in [0.2, 0.25) is 0 Å². The number of aldehydes is 1. The first-order chi connectivity index (χ1) is 13.7. The fourth-order valence-corrected chi connectivity index (χ4v) is 4.74. The molecule has 2 heterocycles. The van der Waals surface area contributed by atoms with Gasteiger partial charge in [-0.2, -0.15) is 0 Å². The van der Waals surface area contributed by atoms with Crippen LogP contribution in [-0.2, 0) is 14.3 Å². The lowest BCUT2D eigenvalue weighted by Crippen LogP contribution is -2.30. The standard InChI is InChI=1S/C22H22ClNO3S/c23-21-15-17(6-7-18-13-19(4-2-10-25)27-22(18)21)16-3-1-5-20(14-16)28-24-8-11-26-12-9-24/h1-5,7,10,14-15,19H,6,8-9,11-13H2/b4-2+. The second kappa shape index (κ2) is 9.14. The van der Waals surface area contributed by atoms with Crippen molar-refractivity contribution in [2.75, 3.05) is 26.3 Å². The molecule has 0 spiro atoms. The van der Waals surface area contributed by atoms with Crippen LogP contribution in [0.25, 0.3) is 5.57 Å². The van der Waals surface area contributed by atoms with Crippen LogP contribution in [0.1, 0.15) is 18.4 Å². The van der Waals surface area contributed by atoms with E-state index in [0.29, 0.717) is 5.03 Å². The topological polar surface area (TPSA) is 38.8 Å². The Kier molecular flexibility index (Phi) is 6.37. The molecule has 0 N–H and O–H groups in total. The summed E-state index contributed by atoms with van der Waals surface area (Å²) >= 11 is 8.36. The summed E-state index contributed by atoms with van der Waals surface area (Å²) in [6.45, 7) is 3.46. The quantitative estimate of drug-likeness (QED) is 0.394. The van der Waals surface area contributed by atoms with E-state index in [9.17, 15) is 4.79 Å². The van der Waals surface area contributed by atoms with Crippen molar-refractivity contribution >= 4 is 35.4 Å². The summed E-state index contributed by atoms with van der Waals surface area (Å²) in [5.41, 5.74) is 3.45. The number of carbonyl (C=O) groups excluding carboxylic acids is 1. The van der Waals surface area contributed by atoms with Crippen molar-refractivity contribution in [3.63, 3.8) is 0 Å². The summed E-state index contributed by atoms with van der Waals surface area (Å²) in [6.07, 6.45) is 9.63. The SMILES string of the molecule is O=C/C=C/C1CC2=CCC(c3cccc(SN4CCOCC4)c3)=CC(Cl)=C2O1. The smallest absolute Gasteiger partial charge is 0.142 e. The van der Waals surface area contributed by atoms with Crippen LogP contribution in [0.15, 0.2) is 69.8 Å². The Morgan fingerprint density at radius 1 is 1.21 bits per heavy atom. The van der Waals surface area contributed by atoms with Gasteiger partial charge < -0.3 is 9.47 Å². The number of halogens is 1. The molecule has 0 amide bonds. The monoisotopic (exact) mass is 415 g/mol. The van der Waals surface area contributed by atoms with Crippen molar-refractivity contribution in [3.05, 3.63) is 70.5 Å². The molecule has 1 aliphatic carbocycles. The fourth-order valence-electron chi connectivity index (χ4n) is 3.49. The van der Waals surface area contributed by atoms with Crippen LogP contribution in [0.3, 0.4) is 0 Å². The van der Waals surface area contributed by atoms with Crippen molar-refractivity contribution in [2.24, 2.45) is 0 Å². The van der Waals surface area contributed by atoms with Gasteiger partial charge in [0.25, 0.3) is 0 Å². The highest BCUT2D eigenvalue weighted by molar-refractivity contribution is 7.97. The Bertz CT molecular complexity index is 868. The third kappa shape index (κ3) is 4.61. The summed E-state index contributed by atoms with van der Waals surface area (Å²) in [4.78, 5) is 11.8. The van der Waals surface area contributed by atoms with E-state index < -0.39 is 0 Å². The molecule has 0 radical (unpaired) electrons. The van der Waals surface area contributed by atoms with Gasteiger partial charge in [0, 0.05) is 24.4 Å². The van der Waals surface area contributed by atoms with Gasteiger partial charge in [-0.15, -0.1) is 0 Å². The second-order valence-corrected chi connectivity index (χ2v) is 8.40.